The Kier molecular flexibility index (Phi) is 5.30. The third-order valence-electron chi connectivity index (χ3n) is 3.05. The molecule has 21 heavy (non-hydrogen) atoms. The molecule has 0 aliphatic heterocycles. The van der Waals surface area contributed by atoms with Crippen LogP contribution in [0.5, 0.6) is 5.75 Å². The minimum absolute atomic E-state index is 0.0934. The van der Waals surface area contributed by atoms with E-state index >= 15 is 0 Å². The van der Waals surface area contributed by atoms with Crippen molar-refractivity contribution < 1.29 is 9.66 Å². The summed E-state index contributed by atoms with van der Waals surface area (Å²) in [6.45, 7) is 0.889. The molecule has 0 unspecified atom stereocenters. The Hall–Kier alpha value is -1.92. The molecular formula is C15H15BrN2O3. The Labute approximate surface area is 131 Å². The molecule has 2 aromatic carbocycles. The van der Waals surface area contributed by atoms with Crippen LogP contribution in [-0.2, 0) is 13.0 Å². The summed E-state index contributed by atoms with van der Waals surface area (Å²) in [5, 5.41) is 10.6. The van der Waals surface area contributed by atoms with E-state index in [-0.39, 0.29) is 5.69 Å². The van der Waals surface area contributed by atoms with Gasteiger partial charge in [-0.1, -0.05) is 24.3 Å². The van der Waals surface area contributed by atoms with Crippen LogP contribution in [0.2, 0.25) is 0 Å². The van der Waals surface area contributed by atoms with E-state index in [1.807, 2.05) is 18.2 Å². The van der Waals surface area contributed by atoms with E-state index in [0.29, 0.717) is 19.6 Å². The number of halogens is 1. The summed E-state index contributed by atoms with van der Waals surface area (Å²) in [4.78, 5) is 10.2. The van der Waals surface area contributed by atoms with Crippen molar-refractivity contribution in [2.24, 2.45) is 5.73 Å². The highest BCUT2D eigenvalue weighted by Gasteiger charge is 2.07. The molecule has 2 rings (SSSR count). The summed E-state index contributed by atoms with van der Waals surface area (Å²) >= 11 is 3.44. The van der Waals surface area contributed by atoms with Crippen molar-refractivity contribution in [3.63, 3.8) is 0 Å². The highest BCUT2D eigenvalue weighted by molar-refractivity contribution is 9.10. The first kappa shape index (κ1) is 15.5. The lowest BCUT2D eigenvalue weighted by molar-refractivity contribution is -0.384. The SMILES string of the molecule is NCc1cccc(Br)c1OCCc1ccc([N+](=O)[O-])cc1. The molecule has 0 heterocycles. The van der Waals surface area contributed by atoms with Crippen LogP contribution in [0.15, 0.2) is 46.9 Å². The molecule has 0 radical (unpaired) electrons. The Bertz CT molecular complexity index is 629. The van der Waals surface area contributed by atoms with Crippen LogP contribution in [0, 0.1) is 10.1 Å². The van der Waals surface area contributed by atoms with Gasteiger partial charge in [-0.3, -0.25) is 10.1 Å². The minimum atomic E-state index is -0.408. The fraction of sp³-hybridized carbons (Fsp3) is 0.200. The quantitative estimate of drug-likeness (QED) is 0.639. The molecule has 0 saturated carbocycles. The molecule has 110 valence electrons. The maximum absolute atomic E-state index is 10.6. The molecule has 0 aliphatic rings. The number of rotatable bonds is 6. The van der Waals surface area contributed by atoms with Crippen LogP contribution in [0.1, 0.15) is 11.1 Å². The molecule has 0 saturated heterocycles. The van der Waals surface area contributed by atoms with Crippen LogP contribution in [0.25, 0.3) is 0 Å². The standard InChI is InChI=1S/C15H15BrN2O3/c16-14-3-1-2-12(10-17)15(14)21-9-8-11-4-6-13(7-5-11)18(19)20/h1-7H,8-10,17H2. The molecule has 6 heteroatoms. The van der Waals surface area contributed by atoms with Gasteiger partial charge in [0.25, 0.3) is 5.69 Å². The second-order valence-electron chi connectivity index (χ2n) is 4.45. The van der Waals surface area contributed by atoms with Gasteiger partial charge < -0.3 is 10.5 Å². The number of nitrogens with zero attached hydrogens (tertiary/aromatic N) is 1. The third kappa shape index (κ3) is 4.03. The van der Waals surface area contributed by atoms with Gasteiger partial charge in [0.2, 0.25) is 0 Å². The Morgan fingerprint density at radius 3 is 2.52 bits per heavy atom. The van der Waals surface area contributed by atoms with Crippen molar-refractivity contribution in [1.82, 2.24) is 0 Å². The van der Waals surface area contributed by atoms with Gasteiger partial charge in [0, 0.05) is 30.7 Å². The molecule has 2 N–H and O–H groups in total. The number of para-hydroxylation sites is 1. The van der Waals surface area contributed by atoms with Gasteiger partial charge in [-0.15, -0.1) is 0 Å². The molecule has 2 aromatic rings. The van der Waals surface area contributed by atoms with Gasteiger partial charge in [-0.05, 0) is 27.6 Å². The number of nitro groups is 1. The average molecular weight is 351 g/mol. The molecule has 0 aromatic heterocycles. The molecule has 0 atom stereocenters. The van der Waals surface area contributed by atoms with Crippen LogP contribution in [0.4, 0.5) is 5.69 Å². The second kappa shape index (κ2) is 7.19. The zero-order chi connectivity index (χ0) is 15.2. The van der Waals surface area contributed by atoms with E-state index < -0.39 is 4.92 Å². The molecule has 0 spiro atoms. The van der Waals surface area contributed by atoms with E-state index in [9.17, 15) is 10.1 Å². The Balaban J connectivity index is 1.97. The maximum Gasteiger partial charge on any atom is 0.269 e. The number of nitro benzene ring substituents is 1. The monoisotopic (exact) mass is 350 g/mol. The predicted molar refractivity (Wildman–Crippen MR) is 84.3 cm³/mol. The largest absolute Gasteiger partial charge is 0.492 e. The van der Waals surface area contributed by atoms with Crippen LogP contribution in [0.3, 0.4) is 0 Å². The molecule has 5 nitrogen and oxygen atoms in total. The first-order valence-electron chi connectivity index (χ1n) is 6.45. The van der Waals surface area contributed by atoms with Gasteiger partial charge in [0.1, 0.15) is 5.75 Å². The third-order valence-corrected chi connectivity index (χ3v) is 3.68. The number of non-ortho nitro benzene ring substituents is 1. The van der Waals surface area contributed by atoms with Crippen LogP contribution >= 0.6 is 15.9 Å². The fourth-order valence-electron chi connectivity index (χ4n) is 1.93. The molecule has 0 aliphatic carbocycles. The van der Waals surface area contributed by atoms with E-state index in [1.165, 1.54) is 12.1 Å². The van der Waals surface area contributed by atoms with Crippen molar-refractivity contribution in [3.8, 4) is 5.75 Å². The number of hydrogen-bond acceptors (Lipinski definition) is 4. The van der Waals surface area contributed by atoms with Gasteiger partial charge in [0.15, 0.2) is 0 Å². The predicted octanol–water partition coefficient (Wildman–Crippen LogP) is 3.44. The zero-order valence-electron chi connectivity index (χ0n) is 11.3. The summed E-state index contributed by atoms with van der Waals surface area (Å²) in [7, 11) is 0. The maximum atomic E-state index is 10.6. The van der Waals surface area contributed by atoms with Crippen molar-refractivity contribution in [3.05, 3.63) is 68.2 Å². The highest BCUT2D eigenvalue weighted by Crippen LogP contribution is 2.28. The van der Waals surface area contributed by atoms with Gasteiger partial charge in [-0.25, -0.2) is 0 Å². The van der Waals surface area contributed by atoms with Crippen molar-refractivity contribution in [1.29, 1.82) is 0 Å². The lowest BCUT2D eigenvalue weighted by atomic mass is 10.1. The lowest BCUT2D eigenvalue weighted by Crippen LogP contribution is -2.06. The number of hydrogen-bond donors (Lipinski definition) is 1. The fourth-order valence-corrected chi connectivity index (χ4v) is 2.45. The summed E-state index contributed by atoms with van der Waals surface area (Å²) in [6.07, 6.45) is 0.670. The normalized spacial score (nSPS) is 10.4. The molecular weight excluding hydrogens is 336 g/mol. The van der Waals surface area contributed by atoms with Crippen molar-refractivity contribution in [2.45, 2.75) is 13.0 Å². The van der Waals surface area contributed by atoms with E-state index in [4.69, 9.17) is 10.5 Å². The first-order chi connectivity index (χ1) is 10.1. The van der Waals surface area contributed by atoms with E-state index in [1.54, 1.807) is 12.1 Å². The zero-order valence-corrected chi connectivity index (χ0v) is 12.9. The lowest BCUT2D eigenvalue weighted by Gasteiger charge is -2.12. The number of benzene rings is 2. The molecule has 0 bridgehead atoms. The minimum Gasteiger partial charge on any atom is -0.492 e. The summed E-state index contributed by atoms with van der Waals surface area (Å²) in [5.74, 6) is 0.752. The Morgan fingerprint density at radius 2 is 1.90 bits per heavy atom. The molecule has 0 amide bonds. The number of ether oxygens (including phenoxy) is 1. The van der Waals surface area contributed by atoms with Gasteiger partial charge in [-0.2, -0.15) is 0 Å². The smallest absolute Gasteiger partial charge is 0.269 e. The summed E-state index contributed by atoms with van der Waals surface area (Å²) < 4.78 is 6.65. The van der Waals surface area contributed by atoms with E-state index in [0.717, 1.165) is 21.3 Å². The van der Waals surface area contributed by atoms with Crippen molar-refractivity contribution in [2.75, 3.05) is 6.61 Å². The summed E-state index contributed by atoms with van der Waals surface area (Å²) in [5.41, 5.74) is 7.70. The van der Waals surface area contributed by atoms with E-state index in [2.05, 4.69) is 15.9 Å². The van der Waals surface area contributed by atoms with Crippen LogP contribution in [-0.4, -0.2) is 11.5 Å². The average Bonchev–Trinajstić information content (AvgIpc) is 2.49. The molecule has 0 fully saturated rings. The van der Waals surface area contributed by atoms with Gasteiger partial charge in [0.05, 0.1) is 16.0 Å². The highest BCUT2D eigenvalue weighted by atomic mass is 79.9. The van der Waals surface area contributed by atoms with Crippen molar-refractivity contribution >= 4 is 21.6 Å². The summed E-state index contributed by atoms with van der Waals surface area (Å²) in [6, 6.07) is 12.2. The Morgan fingerprint density at radius 1 is 1.19 bits per heavy atom. The first-order valence-corrected chi connectivity index (χ1v) is 7.24. The van der Waals surface area contributed by atoms with Crippen LogP contribution < -0.4 is 10.5 Å². The topological polar surface area (TPSA) is 78.4 Å². The second-order valence-corrected chi connectivity index (χ2v) is 5.31. The van der Waals surface area contributed by atoms with Gasteiger partial charge >= 0.3 is 0 Å². The number of nitrogens with two attached hydrogens (primary N) is 1.